The van der Waals surface area contributed by atoms with Crippen LogP contribution < -0.4 is 15.8 Å². The maximum Gasteiger partial charge on any atom is 0.256 e. The zero-order valence-corrected chi connectivity index (χ0v) is 21.8. The van der Waals surface area contributed by atoms with Crippen molar-refractivity contribution in [1.82, 2.24) is 20.2 Å². The molecule has 2 unspecified atom stereocenters. The van der Waals surface area contributed by atoms with E-state index in [1.165, 1.54) is 17.3 Å². The molecule has 1 aromatic heterocycles. The highest BCUT2D eigenvalue weighted by Crippen LogP contribution is 2.38. The summed E-state index contributed by atoms with van der Waals surface area (Å²) in [5.41, 5.74) is 5.49. The number of aromatic nitrogens is 1. The zero-order chi connectivity index (χ0) is 27.5. The molecule has 3 N–H and O–H groups in total. The quantitative estimate of drug-likeness (QED) is 0.511. The Kier molecular flexibility index (Phi) is 7.77. The number of amides is 3. The molecule has 2 aliphatic rings. The molecule has 0 aliphatic carbocycles. The number of benzene rings is 1. The van der Waals surface area contributed by atoms with Crippen LogP contribution in [0.4, 0.5) is 4.39 Å². The fourth-order valence-corrected chi connectivity index (χ4v) is 4.80. The van der Waals surface area contributed by atoms with E-state index in [2.05, 4.69) is 15.4 Å². The van der Waals surface area contributed by atoms with Gasteiger partial charge in [0.2, 0.25) is 11.8 Å². The minimum Gasteiger partial charge on any atom is -0.492 e. The van der Waals surface area contributed by atoms with E-state index in [9.17, 15) is 18.8 Å². The fraction of sp³-hybridized carbons (Fsp3) is 0.444. The number of piperidine rings is 1. The lowest BCUT2D eigenvalue weighted by atomic mass is 9.73. The largest absolute Gasteiger partial charge is 0.492 e. The van der Waals surface area contributed by atoms with Crippen molar-refractivity contribution in [3.8, 4) is 5.75 Å². The molecule has 10 nitrogen and oxygen atoms in total. The molecule has 0 radical (unpaired) electrons. The van der Waals surface area contributed by atoms with Crippen molar-refractivity contribution in [3.63, 3.8) is 0 Å². The number of halogens is 1. The van der Waals surface area contributed by atoms with Crippen molar-refractivity contribution in [2.45, 2.75) is 44.7 Å². The van der Waals surface area contributed by atoms with Gasteiger partial charge in [-0.3, -0.25) is 19.4 Å². The SMILES string of the molecule is CN1N=C2CCN(C(=O)C(CCOc3cncc(F)c3)NC(=O)C(C)(C)N)CC2(Cc2ccccc2)C1=O. The number of pyridine rings is 1. The highest BCUT2D eigenvalue weighted by molar-refractivity contribution is 6.13. The fourth-order valence-electron chi connectivity index (χ4n) is 4.80. The molecule has 1 fully saturated rings. The van der Waals surface area contributed by atoms with E-state index in [1.54, 1.807) is 25.8 Å². The molecule has 2 atom stereocenters. The standard InChI is InChI=1S/C27H33FN6O4/c1-26(2,29)24(36)31-21(10-12-38-20-13-19(28)15-30-16-20)23(35)34-11-9-22-27(17-34,25(37)33(3)32-22)14-18-7-5-4-6-8-18/h4-8,13,15-16,21H,9-12,14,17,29H2,1-3H3,(H,31,36). The average Bonchev–Trinajstić information content (AvgIpc) is 3.12. The predicted octanol–water partition coefficient (Wildman–Crippen LogP) is 1.50. The smallest absolute Gasteiger partial charge is 0.256 e. The van der Waals surface area contributed by atoms with Crippen molar-refractivity contribution in [2.24, 2.45) is 16.3 Å². The summed E-state index contributed by atoms with van der Waals surface area (Å²) >= 11 is 0. The third-order valence-electron chi connectivity index (χ3n) is 6.81. The number of ether oxygens (including phenoxy) is 1. The van der Waals surface area contributed by atoms with Crippen LogP contribution in [0.2, 0.25) is 0 Å². The molecule has 2 aromatic rings. The Morgan fingerprint density at radius 1 is 1.26 bits per heavy atom. The van der Waals surface area contributed by atoms with Gasteiger partial charge in [0.05, 0.1) is 30.3 Å². The van der Waals surface area contributed by atoms with E-state index in [-0.39, 0.29) is 37.1 Å². The maximum absolute atomic E-state index is 13.8. The van der Waals surface area contributed by atoms with Gasteiger partial charge in [-0.1, -0.05) is 30.3 Å². The summed E-state index contributed by atoms with van der Waals surface area (Å²) in [5, 5.41) is 8.58. The van der Waals surface area contributed by atoms with Crippen molar-refractivity contribution in [2.75, 3.05) is 26.7 Å². The summed E-state index contributed by atoms with van der Waals surface area (Å²) in [6.07, 6.45) is 3.37. The summed E-state index contributed by atoms with van der Waals surface area (Å²) in [7, 11) is 1.62. The van der Waals surface area contributed by atoms with Gasteiger partial charge in [0.25, 0.3) is 5.91 Å². The minimum atomic E-state index is -1.22. The molecule has 0 saturated carbocycles. The topological polar surface area (TPSA) is 130 Å². The van der Waals surface area contributed by atoms with Crippen LogP contribution in [0.5, 0.6) is 5.75 Å². The summed E-state index contributed by atoms with van der Waals surface area (Å²) in [6, 6.07) is 9.84. The van der Waals surface area contributed by atoms with Crippen molar-refractivity contribution < 1.29 is 23.5 Å². The second kappa shape index (κ2) is 10.9. The first-order valence-electron chi connectivity index (χ1n) is 12.5. The van der Waals surface area contributed by atoms with Crippen LogP contribution in [-0.2, 0) is 20.8 Å². The van der Waals surface area contributed by atoms with Gasteiger partial charge in [-0.2, -0.15) is 5.10 Å². The number of carbonyl (C=O) groups excluding carboxylic acids is 3. The van der Waals surface area contributed by atoms with Gasteiger partial charge in [-0.15, -0.1) is 0 Å². The highest BCUT2D eigenvalue weighted by Gasteiger charge is 2.53. The monoisotopic (exact) mass is 524 g/mol. The van der Waals surface area contributed by atoms with Crippen molar-refractivity contribution in [1.29, 1.82) is 0 Å². The number of hydrogen-bond acceptors (Lipinski definition) is 7. The van der Waals surface area contributed by atoms with Gasteiger partial charge in [0.1, 0.15) is 23.0 Å². The van der Waals surface area contributed by atoms with Gasteiger partial charge in [-0.05, 0) is 25.8 Å². The number of hydrazone groups is 1. The Labute approximate surface area is 221 Å². The van der Waals surface area contributed by atoms with Crippen molar-refractivity contribution >= 4 is 23.4 Å². The van der Waals surface area contributed by atoms with Crippen LogP contribution in [0, 0.1) is 11.2 Å². The van der Waals surface area contributed by atoms with E-state index in [1.807, 2.05) is 30.3 Å². The van der Waals surface area contributed by atoms with Gasteiger partial charge >= 0.3 is 0 Å². The lowest BCUT2D eigenvalue weighted by Gasteiger charge is -2.41. The van der Waals surface area contributed by atoms with E-state index in [0.717, 1.165) is 17.5 Å². The molecule has 0 spiro atoms. The van der Waals surface area contributed by atoms with Crippen molar-refractivity contribution in [3.05, 3.63) is 60.2 Å². The van der Waals surface area contributed by atoms with Gasteiger partial charge < -0.3 is 20.7 Å². The number of hydrogen-bond donors (Lipinski definition) is 2. The van der Waals surface area contributed by atoms with E-state index in [0.29, 0.717) is 19.4 Å². The van der Waals surface area contributed by atoms with Crippen LogP contribution >= 0.6 is 0 Å². The Morgan fingerprint density at radius 2 is 2.00 bits per heavy atom. The Balaban J connectivity index is 1.54. The maximum atomic E-state index is 13.8. The highest BCUT2D eigenvalue weighted by atomic mass is 19.1. The van der Waals surface area contributed by atoms with Crippen LogP contribution in [0.1, 0.15) is 32.3 Å². The zero-order valence-electron chi connectivity index (χ0n) is 21.8. The number of nitrogens with one attached hydrogen (secondary N) is 1. The van der Waals surface area contributed by atoms with Gasteiger partial charge in [0.15, 0.2) is 0 Å². The van der Waals surface area contributed by atoms with Crippen LogP contribution in [0.25, 0.3) is 0 Å². The number of nitrogens with two attached hydrogens (primary N) is 1. The molecule has 202 valence electrons. The van der Waals surface area contributed by atoms with E-state index in [4.69, 9.17) is 10.5 Å². The summed E-state index contributed by atoms with van der Waals surface area (Å²) < 4.78 is 19.1. The molecular weight excluding hydrogens is 491 g/mol. The molecular formula is C27H33FN6O4. The third kappa shape index (κ3) is 5.83. The average molecular weight is 525 g/mol. The first kappa shape index (κ1) is 27.2. The van der Waals surface area contributed by atoms with Crippen LogP contribution in [-0.4, -0.2) is 76.7 Å². The number of nitrogens with zero attached hydrogens (tertiary/aromatic N) is 4. The molecule has 2 aliphatic heterocycles. The van der Waals surface area contributed by atoms with Crippen LogP contribution in [0.3, 0.4) is 0 Å². The lowest BCUT2D eigenvalue weighted by molar-refractivity contribution is -0.142. The normalized spacial score (nSPS) is 20.0. The molecule has 1 saturated heterocycles. The number of likely N-dealkylation sites (tertiary alicyclic amines) is 1. The number of carbonyl (C=O) groups is 3. The van der Waals surface area contributed by atoms with Gasteiger partial charge in [0, 0.05) is 39.0 Å². The second-order valence-corrected chi connectivity index (χ2v) is 10.4. The third-order valence-corrected chi connectivity index (χ3v) is 6.81. The molecule has 3 heterocycles. The molecule has 1 aromatic carbocycles. The summed E-state index contributed by atoms with van der Waals surface area (Å²) in [6.45, 7) is 3.59. The van der Waals surface area contributed by atoms with E-state index >= 15 is 0 Å². The molecule has 4 rings (SSSR count). The lowest BCUT2D eigenvalue weighted by Crippen LogP contribution is -2.61. The molecule has 3 amide bonds. The Bertz CT molecular complexity index is 1230. The second-order valence-electron chi connectivity index (χ2n) is 10.4. The van der Waals surface area contributed by atoms with E-state index < -0.39 is 28.7 Å². The molecule has 38 heavy (non-hydrogen) atoms. The first-order chi connectivity index (χ1) is 18.0. The molecule has 0 bridgehead atoms. The van der Waals surface area contributed by atoms with Gasteiger partial charge in [-0.25, -0.2) is 9.40 Å². The predicted molar refractivity (Wildman–Crippen MR) is 138 cm³/mol. The Hall–Kier alpha value is -3.86. The van der Waals surface area contributed by atoms with Crippen LogP contribution in [0.15, 0.2) is 53.9 Å². The summed E-state index contributed by atoms with van der Waals surface area (Å²) in [5.74, 6) is -1.36. The minimum absolute atomic E-state index is 0.0181. The molecule has 11 heteroatoms. The number of rotatable bonds is 9. The Morgan fingerprint density at radius 3 is 2.68 bits per heavy atom. The summed E-state index contributed by atoms with van der Waals surface area (Å²) in [4.78, 5) is 45.3. The first-order valence-corrected chi connectivity index (χ1v) is 12.5. The number of fused-ring (bicyclic) bond motifs is 1.